The van der Waals surface area contributed by atoms with E-state index < -0.39 is 46.0 Å². The van der Waals surface area contributed by atoms with Crippen molar-refractivity contribution < 1.29 is 45.0 Å². The zero-order valence-corrected chi connectivity index (χ0v) is 18.1. The number of ether oxygens (including phenoxy) is 2. The summed E-state index contributed by atoms with van der Waals surface area (Å²) in [5.74, 6) is -4.22. The molecule has 14 heteroatoms. The molecule has 0 radical (unpaired) electrons. The summed E-state index contributed by atoms with van der Waals surface area (Å²) in [4.78, 5) is 22.2. The summed E-state index contributed by atoms with van der Waals surface area (Å²) in [6, 6.07) is 0. The second kappa shape index (κ2) is 11.5. The van der Waals surface area contributed by atoms with E-state index in [-0.39, 0.29) is 57.1 Å². The lowest BCUT2D eigenvalue weighted by Gasteiger charge is -2.36. The first-order valence-electron chi connectivity index (χ1n) is 10.1. The van der Waals surface area contributed by atoms with E-state index in [0.29, 0.717) is 19.2 Å². The summed E-state index contributed by atoms with van der Waals surface area (Å²) in [6.45, 7) is 0.408. The van der Waals surface area contributed by atoms with Crippen molar-refractivity contribution in [3.05, 3.63) is 11.9 Å². The predicted octanol–water partition coefficient (Wildman–Crippen LogP) is 0.957. The van der Waals surface area contributed by atoms with Gasteiger partial charge in [-0.3, -0.25) is 10.1 Å². The van der Waals surface area contributed by atoms with Crippen LogP contribution in [-0.4, -0.2) is 75.1 Å². The van der Waals surface area contributed by atoms with E-state index in [1.165, 1.54) is 4.31 Å². The number of rotatable bonds is 8. The lowest BCUT2D eigenvalue weighted by molar-refractivity contribution is -0.202. The molecule has 0 aromatic heterocycles. The first-order chi connectivity index (χ1) is 15.0. The zero-order valence-electron chi connectivity index (χ0n) is 17.3. The summed E-state index contributed by atoms with van der Waals surface area (Å²) in [5, 5.41) is 2.30. The van der Waals surface area contributed by atoms with E-state index in [0.717, 1.165) is 0 Å². The van der Waals surface area contributed by atoms with Gasteiger partial charge in [-0.1, -0.05) is 0 Å². The first kappa shape index (κ1) is 26.6. The highest BCUT2D eigenvalue weighted by molar-refractivity contribution is 7.89. The van der Waals surface area contributed by atoms with Crippen LogP contribution >= 0.6 is 0 Å². The Hall–Kier alpha value is -1.61. The van der Waals surface area contributed by atoms with Crippen LogP contribution in [0.3, 0.4) is 0 Å². The number of esters is 2. The Morgan fingerprint density at radius 2 is 1.81 bits per heavy atom. The number of hydrogen-bond acceptors (Lipinski definition) is 8. The molecule has 0 aromatic carbocycles. The summed E-state index contributed by atoms with van der Waals surface area (Å²) in [7, 11) is -3.63. The van der Waals surface area contributed by atoms with Gasteiger partial charge in [-0.25, -0.2) is 21.9 Å². The Balaban J connectivity index is 1.77. The van der Waals surface area contributed by atoms with Crippen LogP contribution in [0.25, 0.3) is 0 Å². The van der Waals surface area contributed by atoms with E-state index in [1.54, 1.807) is 0 Å². The number of halogens is 4. The standard InChI is InChI=1S/C18H27F4N3O6S/c19-8-13(9-23)11-30-15-2-1-14(10-24-15)32(28,29)25-5-3-12(4-6-25)7-16(26)31-17(27)18(20,21)22/h8,12,14-15,24H,1-7,9-11,23H2/b13-8+. The van der Waals surface area contributed by atoms with Crippen LogP contribution in [-0.2, 0) is 29.1 Å². The third-order valence-electron chi connectivity index (χ3n) is 5.46. The molecule has 0 spiro atoms. The van der Waals surface area contributed by atoms with Crippen LogP contribution < -0.4 is 11.1 Å². The van der Waals surface area contributed by atoms with Crippen LogP contribution in [0, 0.1) is 5.92 Å². The number of hydrogen-bond donors (Lipinski definition) is 2. The topological polar surface area (TPSA) is 128 Å². The van der Waals surface area contributed by atoms with Crippen molar-refractivity contribution in [2.75, 3.05) is 32.8 Å². The second-order valence-corrected chi connectivity index (χ2v) is 9.94. The fraction of sp³-hybridized carbons (Fsp3) is 0.778. The summed E-state index contributed by atoms with van der Waals surface area (Å²) in [5.41, 5.74) is 5.64. The van der Waals surface area contributed by atoms with Gasteiger partial charge in [0, 0.05) is 32.6 Å². The summed E-state index contributed by atoms with van der Waals surface area (Å²) < 4.78 is 85.3. The number of alkyl halides is 3. The number of piperidine rings is 2. The largest absolute Gasteiger partial charge is 0.491 e. The minimum Gasteiger partial charge on any atom is -0.386 e. The molecule has 2 atom stereocenters. The molecule has 2 fully saturated rings. The third kappa shape index (κ3) is 7.47. The van der Waals surface area contributed by atoms with Gasteiger partial charge < -0.3 is 15.2 Å². The molecule has 9 nitrogen and oxygen atoms in total. The lowest BCUT2D eigenvalue weighted by atomic mass is 9.95. The lowest BCUT2D eigenvalue weighted by Crippen LogP contribution is -2.51. The van der Waals surface area contributed by atoms with Crippen LogP contribution in [0.15, 0.2) is 11.9 Å². The van der Waals surface area contributed by atoms with E-state index in [1.807, 2.05) is 0 Å². The quantitative estimate of drug-likeness (QED) is 0.293. The molecule has 2 heterocycles. The van der Waals surface area contributed by atoms with Crippen LogP contribution in [0.2, 0.25) is 0 Å². The highest BCUT2D eigenvalue weighted by Crippen LogP contribution is 2.27. The molecule has 3 N–H and O–H groups in total. The number of carbonyl (C=O) groups is 2. The normalized spacial score (nSPS) is 24.3. The van der Waals surface area contributed by atoms with Crippen LogP contribution in [0.1, 0.15) is 32.1 Å². The molecule has 0 aromatic rings. The molecule has 2 aliphatic rings. The fourth-order valence-electron chi connectivity index (χ4n) is 3.56. The highest BCUT2D eigenvalue weighted by Gasteiger charge is 2.43. The molecule has 2 saturated heterocycles. The smallest absolute Gasteiger partial charge is 0.386 e. The molecule has 2 aliphatic heterocycles. The Labute approximate surface area is 183 Å². The van der Waals surface area contributed by atoms with Gasteiger partial charge in [0.2, 0.25) is 10.0 Å². The Kier molecular flexibility index (Phi) is 9.57. The molecule has 184 valence electrons. The van der Waals surface area contributed by atoms with Gasteiger partial charge in [-0.15, -0.1) is 0 Å². The fourth-order valence-corrected chi connectivity index (χ4v) is 5.44. The van der Waals surface area contributed by atoms with Gasteiger partial charge in [0.1, 0.15) is 6.23 Å². The van der Waals surface area contributed by atoms with Crippen molar-refractivity contribution in [3.63, 3.8) is 0 Å². The number of nitrogens with two attached hydrogens (primary N) is 1. The Morgan fingerprint density at radius 1 is 1.16 bits per heavy atom. The molecule has 0 aliphatic carbocycles. The number of nitrogens with one attached hydrogen (secondary N) is 1. The van der Waals surface area contributed by atoms with Gasteiger partial charge >= 0.3 is 18.1 Å². The minimum atomic E-state index is -5.25. The number of sulfonamides is 1. The molecule has 0 amide bonds. The summed E-state index contributed by atoms with van der Waals surface area (Å²) >= 11 is 0. The zero-order chi connectivity index (χ0) is 23.9. The van der Waals surface area contributed by atoms with Crippen molar-refractivity contribution in [1.29, 1.82) is 0 Å². The van der Waals surface area contributed by atoms with Crippen molar-refractivity contribution in [2.24, 2.45) is 11.7 Å². The van der Waals surface area contributed by atoms with Crippen molar-refractivity contribution >= 4 is 22.0 Å². The van der Waals surface area contributed by atoms with Gasteiger partial charge in [-0.2, -0.15) is 13.2 Å². The number of carbonyl (C=O) groups excluding carboxylic acids is 2. The van der Waals surface area contributed by atoms with Gasteiger partial charge in [0.25, 0.3) is 0 Å². The second-order valence-electron chi connectivity index (χ2n) is 7.73. The average Bonchev–Trinajstić information content (AvgIpc) is 2.74. The van der Waals surface area contributed by atoms with Gasteiger partial charge in [0.05, 0.1) is 18.2 Å². The van der Waals surface area contributed by atoms with Crippen LogP contribution in [0.5, 0.6) is 0 Å². The van der Waals surface area contributed by atoms with Crippen LogP contribution in [0.4, 0.5) is 17.6 Å². The molecule has 2 rings (SSSR count). The predicted molar refractivity (Wildman–Crippen MR) is 104 cm³/mol. The maximum absolute atomic E-state index is 12.9. The Bertz CT molecular complexity index is 789. The maximum Gasteiger partial charge on any atom is 0.491 e. The molecule has 0 saturated carbocycles. The first-order valence-corrected chi connectivity index (χ1v) is 11.6. The molecular weight excluding hydrogens is 462 g/mol. The monoisotopic (exact) mass is 489 g/mol. The third-order valence-corrected chi connectivity index (χ3v) is 7.79. The highest BCUT2D eigenvalue weighted by atomic mass is 32.2. The molecular formula is C18H27F4N3O6S. The molecule has 2 unspecified atom stereocenters. The maximum atomic E-state index is 12.9. The van der Waals surface area contributed by atoms with Gasteiger partial charge in [0.15, 0.2) is 0 Å². The van der Waals surface area contributed by atoms with Crippen molar-refractivity contribution in [2.45, 2.75) is 49.8 Å². The van der Waals surface area contributed by atoms with Crippen molar-refractivity contribution in [3.8, 4) is 0 Å². The molecule has 0 bridgehead atoms. The summed E-state index contributed by atoms with van der Waals surface area (Å²) in [6.07, 6.45) is -4.41. The van der Waals surface area contributed by atoms with E-state index >= 15 is 0 Å². The Morgan fingerprint density at radius 3 is 2.31 bits per heavy atom. The van der Waals surface area contributed by atoms with Crippen molar-refractivity contribution in [1.82, 2.24) is 9.62 Å². The van der Waals surface area contributed by atoms with E-state index in [9.17, 15) is 35.6 Å². The van der Waals surface area contributed by atoms with Gasteiger partial charge in [-0.05, 0) is 37.2 Å². The average molecular weight is 489 g/mol. The molecule has 32 heavy (non-hydrogen) atoms. The minimum absolute atomic E-state index is 0.00655. The van der Waals surface area contributed by atoms with E-state index in [2.05, 4.69) is 10.1 Å². The SMILES string of the molecule is NC/C(=C\F)COC1CCC(S(=O)(=O)N2CCC(CC(=O)OC(=O)C(F)(F)F)CC2)CN1. The van der Waals surface area contributed by atoms with E-state index in [4.69, 9.17) is 10.5 Å². The number of nitrogens with zero attached hydrogens (tertiary/aromatic N) is 1.